The SMILES string of the molecule is CC1CCCCN1CCCNc1ccc(N)c(N)c1. The largest absolute Gasteiger partial charge is 0.397 e. The minimum Gasteiger partial charge on any atom is -0.397 e. The molecule has 4 heteroatoms. The second-order valence-corrected chi connectivity index (χ2v) is 5.50. The van der Waals surface area contributed by atoms with Crippen molar-refractivity contribution in [3.05, 3.63) is 18.2 Å². The van der Waals surface area contributed by atoms with Crippen LogP contribution in [0, 0.1) is 0 Å². The van der Waals surface area contributed by atoms with Crippen molar-refractivity contribution in [1.29, 1.82) is 0 Å². The van der Waals surface area contributed by atoms with E-state index in [9.17, 15) is 0 Å². The summed E-state index contributed by atoms with van der Waals surface area (Å²) in [6.45, 7) is 5.76. The summed E-state index contributed by atoms with van der Waals surface area (Å²) >= 11 is 0. The van der Waals surface area contributed by atoms with Crippen LogP contribution in [-0.4, -0.2) is 30.6 Å². The van der Waals surface area contributed by atoms with E-state index in [1.54, 1.807) is 0 Å². The molecule has 0 radical (unpaired) electrons. The van der Waals surface area contributed by atoms with Crippen molar-refractivity contribution in [3.63, 3.8) is 0 Å². The van der Waals surface area contributed by atoms with Gasteiger partial charge in [0, 0.05) is 24.8 Å². The Hall–Kier alpha value is -1.42. The van der Waals surface area contributed by atoms with Crippen LogP contribution in [0.1, 0.15) is 32.6 Å². The van der Waals surface area contributed by atoms with Crippen LogP contribution < -0.4 is 16.8 Å². The van der Waals surface area contributed by atoms with Crippen LogP contribution in [0.15, 0.2) is 18.2 Å². The van der Waals surface area contributed by atoms with Crippen LogP contribution in [0.2, 0.25) is 0 Å². The molecule has 106 valence electrons. The number of rotatable bonds is 5. The fraction of sp³-hybridized carbons (Fsp3) is 0.600. The lowest BCUT2D eigenvalue weighted by Gasteiger charge is -2.33. The Bertz CT molecular complexity index is 405. The molecule has 1 heterocycles. The first-order valence-electron chi connectivity index (χ1n) is 7.30. The van der Waals surface area contributed by atoms with Crippen LogP contribution in [0.4, 0.5) is 17.1 Å². The van der Waals surface area contributed by atoms with Gasteiger partial charge in [-0.25, -0.2) is 0 Å². The number of hydrogen-bond acceptors (Lipinski definition) is 4. The maximum Gasteiger partial charge on any atom is 0.0568 e. The standard InChI is InChI=1S/C15H26N4/c1-12-5-2-3-9-19(12)10-4-8-18-13-6-7-14(16)15(17)11-13/h6-7,11-12,18H,2-5,8-10,16-17H2,1H3. The van der Waals surface area contributed by atoms with Crippen molar-refractivity contribution in [2.24, 2.45) is 0 Å². The van der Waals surface area contributed by atoms with Crippen molar-refractivity contribution < 1.29 is 0 Å². The average molecular weight is 262 g/mol. The molecule has 0 aromatic heterocycles. The van der Waals surface area contributed by atoms with E-state index >= 15 is 0 Å². The Balaban J connectivity index is 1.70. The smallest absolute Gasteiger partial charge is 0.0568 e. The van der Waals surface area contributed by atoms with Gasteiger partial charge in [-0.15, -0.1) is 0 Å². The second-order valence-electron chi connectivity index (χ2n) is 5.50. The molecule has 1 unspecified atom stereocenters. The van der Waals surface area contributed by atoms with Gasteiger partial charge >= 0.3 is 0 Å². The van der Waals surface area contributed by atoms with Gasteiger partial charge in [-0.05, 0) is 50.9 Å². The van der Waals surface area contributed by atoms with E-state index < -0.39 is 0 Å². The quantitative estimate of drug-likeness (QED) is 0.563. The van der Waals surface area contributed by atoms with Gasteiger partial charge in [-0.3, -0.25) is 0 Å². The zero-order valence-electron chi connectivity index (χ0n) is 11.9. The molecule has 4 nitrogen and oxygen atoms in total. The number of nitrogens with zero attached hydrogens (tertiary/aromatic N) is 1. The minimum atomic E-state index is 0.646. The fourth-order valence-electron chi connectivity index (χ4n) is 2.69. The average Bonchev–Trinajstić information content (AvgIpc) is 2.40. The summed E-state index contributed by atoms with van der Waals surface area (Å²) < 4.78 is 0. The first-order valence-corrected chi connectivity index (χ1v) is 7.30. The third-order valence-electron chi connectivity index (χ3n) is 3.98. The number of nitrogens with one attached hydrogen (secondary N) is 1. The molecule has 1 aromatic rings. The normalized spacial score (nSPS) is 20.4. The van der Waals surface area contributed by atoms with Gasteiger partial charge in [0.25, 0.3) is 0 Å². The Morgan fingerprint density at radius 1 is 1.26 bits per heavy atom. The Morgan fingerprint density at radius 3 is 2.84 bits per heavy atom. The molecule has 0 bridgehead atoms. The molecule has 2 rings (SSSR count). The third kappa shape index (κ3) is 4.03. The van der Waals surface area contributed by atoms with Crippen LogP contribution in [0.25, 0.3) is 0 Å². The number of likely N-dealkylation sites (tertiary alicyclic amines) is 1. The van der Waals surface area contributed by atoms with Crippen molar-refractivity contribution in [1.82, 2.24) is 4.90 Å². The van der Waals surface area contributed by atoms with E-state index in [1.807, 2.05) is 18.2 Å². The highest BCUT2D eigenvalue weighted by Crippen LogP contribution is 2.20. The summed E-state index contributed by atoms with van der Waals surface area (Å²) in [5.41, 5.74) is 13.8. The highest BCUT2D eigenvalue weighted by molar-refractivity contribution is 5.69. The molecular weight excluding hydrogens is 236 g/mol. The highest BCUT2D eigenvalue weighted by atomic mass is 15.2. The predicted octanol–water partition coefficient (Wildman–Crippen LogP) is 2.53. The molecule has 1 aliphatic heterocycles. The molecule has 1 aromatic carbocycles. The van der Waals surface area contributed by atoms with Gasteiger partial charge in [0.05, 0.1) is 11.4 Å². The second kappa shape index (κ2) is 6.66. The van der Waals surface area contributed by atoms with E-state index in [-0.39, 0.29) is 0 Å². The maximum absolute atomic E-state index is 5.79. The lowest BCUT2D eigenvalue weighted by atomic mass is 10.0. The first-order chi connectivity index (χ1) is 9.16. The predicted molar refractivity (Wildman–Crippen MR) is 83.3 cm³/mol. The first kappa shape index (κ1) is 14.0. The molecule has 0 aliphatic carbocycles. The van der Waals surface area contributed by atoms with Gasteiger partial charge in [-0.1, -0.05) is 6.42 Å². The number of anilines is 3. The van der Waals surface area contributed by atoms with E-state index in [0.717, 1.165) is 24.7 Å². The van der Waals surface area contributed by atoms with Gasteiger partial charge in [0.15, 0.2) is 0 Å². The molecular formula is C15H26N4. The zero-order chi connectivity index (χ0) is 13.7. The van der Waals surface area contributed by atoms with Crippen LogP contribution >= 0.6 is 0 Å². The highest BCUT2D eigenvalue weighted by Gasteiger charge is 2.16. The van der Waals surface area contributed by atoms with Gasteiger partial charge < -0.3 is 21.7 Å². The van der Waals surface area contributed by atoms with Crippen molar-refractivity contribution in [2.75, 3.05) is 36.4 Å². The van der Waals surface area contributed by atoms with Gasteiger partial charge in [0.1, 0.15) is 0 Å². The Morgan fingerprint density at radius 2 is 2.11 bits per heavy atom. The van der Waals surface area contributed by atoms with E-state index in [2.05, 4.69) is 17.1 Å². The zero-order valence-corrected chi connectivity index (χ0v) is 11.9. The molecule has 0 saturated carbocycles. The molecule has 19 heavy (non-hydrogen) atoms. The van der Waals surface area contributed by atoms with Crippen LogP contribution in [0.5, 0.6) is 0 Å². The number of nitrogens with two attached hydrogens (primary N) is 2. The van der Waals surface area contributed by atoms with Crippen molar-refractivity contribution in [2.45, 2.75) is 38.6 Å². The molecule has 0 spiro atoms. The van der Waals surface area contributed by atoms with Crippen LogP contribution in [0.3, 0.4) is 0 Å². The fourth-order valence-corrected chi connectivity index (χ4v) is 2.69. The number of nitrogen functional groups attached to an aromatic ring is 2. The summed E-state index contributed by atoms with van der Waals surface area (Å²) in [6.07, 6.45) is 5.25. The summed E-state index contributed by atoms with van der Waals surface area (Å²) in [4.78, 5) is 2.60. The van der Waals surface area contributed by atoms with Crippen LogP contribution in [-0.2, 0) is 0 Å². The van der Waals surface area contributed by atoms with Crippen molar-refractivity contribution in [3.8, 4) is 0 Å². The lowest BCUT2D eigenvalue weighted by Crippen LogP contribution is -2.38. The number of benzene rings is 1. The van der Waals surface area contributed by atoms with Crippen molar-refractivity contribution >= 4 is 17.1 Å². The minimum absolute atomic E-state index is 0.646. The third-order valence-corrected chi connectivity index (χ3v) is 3.98. The molecule has 0 amide bonds. The topological polar surface area (TPSA) is 67.3 Å². The summed E-state index contributed by atoms with van der Waals surface area (Å²) in [5, 5.41) is 3.40. The molecule has 5 N–H and O–H groups in total. The number of hydrogen-bond donors (Lipinski definition) is 3. The van der Waals surface area contributed by atoms with Gasteiger partial charge in [-0.2, -0.15) is 0 Å². The van der Waals surface area contributed by atoms with E-state index in [1.165, 1.54) is 32.4 Å². The molecule has 1 fully saturated rings. The summed E-state index contributed by atoms with van der Waals surface area (Å²) in [7, 11) is 0. The number of piperidine rings is 1. The summed E-state index contributed by atoms with van der Waals surface area (Å²) in [6, 6.07) is 6.49. The van der Waals surface area contributed by atoms with E-state index in [4.69, 9.17) is 11.5 Å². The summed E-state index contributed by atoms with van der Waals surface area (Å²) in [5.74, 6) is 0. The Kier molecular flexibility index (Phi) is 4.91. The molecule has 1 aliphatic rings. The van der Waals surface area contributed by atoms with Gasteiger partial charge in [0.2, 0.25) is 0 Å². The molecule has 1 atom stereocenters. The maximum atomic E-state index is 5.79. The van der Waals surface area contributed by atoms with E-state index in [0.29, 0.717) is 11.4 Å². The Labute approximate surface area is 116 Å². The lowest BCUT2D eigenvalue weighted by molar-refractivity contribution is 0.160. The molecule has 1 saturated heterocycles. The monoisotopic (exact) mass is 262 g/mol.